The van der Waals surface area contributed by atoms with E-state index in [1.807, 2.05) is 6.92 Å². The number of aliphatic hydroxyl groups excluding tert-OH is 4. The van der Waals surface area contributed by atoms with Gasteiger partial charge in [0.2, 0.25) is 0 Å². The fourth-order valence-corrected chi connectivity index (χ4v) is 4.15. The Labute approximate surface area is 183 Å². The maximum atomic E-state index is 9.96. The molecule has 3 aliphatic rings. The minimum absolute atomic E-state index is 0.366. The molecule has 0 aromatic heterocycles. The summed E-state index contributed by atoms with van der Waals surface area (Å²) in [5, 5.41) is 38.2. The van der Waals surface area contributed by atoms with Gasteiger partial charge in [0.15, 0.2) is 18.4 Å². The van der Waals surface area contributed by atoms with Gasteiger partial charge in [-0.1, -0.05) is 12.2 Å². The van der Waals surface area contributed by atoms with E-state index in [4.69, 9.17) is 28.4 Å². The molecule has 10 nitrogen and oxygen atoms in total. The number of ether oxygens (including phenoxy) is 6. The molecule has 3 saturated heterocycles. The normalized spacial score (nSPS) is 48.8. The fourth-order valence-electron chi connectivity index (χ4n) is 4.15. The van der Waals surface area contributed by atoms with Crippen molar-refractivity contribution in [2.75, 3.05) is 14.2 Å². The van der Waals surface area contributed by atoms with Gasteiger partial charge in [-0.3, -0.25) is 0 Å². The highest BCUT2D eigenvalue weighted by Gasteiger charge is 2.58. The fraction of sp³-hybridized carbons (Fsp3) is 0.810. The lowest BCUT2D eigenvalue weighted by Crippen LogP contribution is -2.62. The number of hydrogen-bond acceptors (Lipinski definition) is 10. The van der Waals surface area contributed by atoms with Crippen LogP contribution in [0.5, 0.6) is 0 Å². The van der Waals surface area contributed by atoms with Crippen LogP contribution in [0.3, 0.4) is 0 Å². The first-order valence-corrected chi connectivity index (χ1v) is 10.1. The van der Waals surface area contributed by atoms with Crippen LogP contribution in [0, 0.1) is 0 Å². The largest absolute Gasteiger partial charge is 0.387 e. The summed E-state index contributed by atoms with van der Waals surface area (Å²) in [6.07, 6.45) is -4.03. The van der Waals surface area contributed by atoms with E-state index < -0.39 is 54.0 Å². The summed E-state index contributed by atoms with van der Waals surface area (Å²) in [5.74, 6) is -0.747. The van der Waals surface area contributed by atoms with E-state index in [-0.39, 0.29) is 12.2 Å². The molecule has 3 heterocycles. The molecule has 3 aliphatic heterocycles. The molecule has 0 aliphatic carbocycles. The Morgan fingerprint density at radius 1 is 0.677 bits per heavy atom. The lowest BCUT2D eigenvalue weighted by atomic mass is 9.88. The summed E-state index contributed by atoms with van der Waals surface area (Å²) in [5.41, 5.74) is -1.80. The molecule has 10 heteroatoms. The van der Waals surface area contributed by atoms with Gasteiger partial charge in [-0.25, -0.2) is 0 Å². The Morgan fingerprint density at radius 2 is 1.13 bits per heavy atom. The van der Waals surface area contributed by atoms with Crippen LogP contribution in [0.4, 0.5) is 0 Å². The molecule has 0 saturated carbocycles. The van der Waals surface area contributed by atoms with Crippen LogP contribution in [0.15, 0.2) is 25.3 Å². The Bertz CT molecular complexity index is 642. The topological polar surface area (TPSA) is 136 Å². The predicted octanol–water partition coefficient (Wildman–Crippen LogP) is -0.169. The van der Waals surface area contributed by atoms with Crippen LogP contribution >= 0.6 is 0 Å². The molecule has 180 valence electrons. The summed E-state index contributed by atoms with van der Waals surface area (Å²) in [4.78, 5) is 0. The Hall–Kier alpha value is -0.920. The first-order valence-electron chi connectivity index (χ1n) is 10.1. The molecule has 3 rings (SSSR count). The molecule has 0 radical (unpaired) electrons. The highest BCUT2D eigenvalue weighted by molar-refractivity contribution is 5.10. The van der Waals surface area contributed by atoms with Crippen LogP contribution in [0.25, 0.3) is 0 Å². The first kappa shape index (κ1) is 26.3. The number of rotatable bonds is 4. The number of hydrogen-bond donors (Lipinski definition) is 4. The van der Waals surface area contributed by atoms with E-state index in [0.717, 1.165) is 0 Å². The highest BCUT2D eigenvalue weighted by Crippen LogP contribution is 2.42. The van der Waals surface area contributed by atoms with E-state index >= 15 is 0 Å². The molecule has 10 atom stereocenters. The second-order valence-corrected chi connectivity index (χ2v) is 8.65. The van der Waals surface area contributed by atoms with Gasteiger partial charge in [-0.2, -0.15) is 0 Å². The van der Waals surface area contributed by atoms with Crippen molar-refractivity contribution in [2.24, 2.45) is 0 Å². The maximum absolute atomic E-state index is 9.96. The van der Waals surface area contributed by atoms with Gasteiger partial charge < -0.3 is 48.8 Å². The molecule has 4 N–H and O–H groups in total. The van der Waals surface area contributed by atoms with Crippen molar-refractivity contribution in [1.29, 1.82) is 0 Å². The van der Waals surface area contributed by atoms with E-state index in [1.54, 1.807) is 34.0 Å². The highest BCUT2D eigenvalue weighted by atomic mass is 16.8. The molecule has 0 bridgehead atoms. The average molecular weight is 449 g/mol. The van der Waals surface area contributed by atoms with E-state index in [1.165, 1.54) is 13.2 Å². The molecule has 31 heavy (non-hydrogen) atoms. The third-order valence-electron chi connectivity index (χ3n) is 5.89. The molecular weight excluding hydrogens is 412 g/mol. The Morgan fingerprint density at radius 3 is 1.61 bits per heavy atom. The van der Waals surface area contributed by atoms with Crippen molar-refractivity contribution in [3.8, 4) is 0 Å². The van der Waals surface area contributed by atoms with E-state index in [2.05, 4.69) is 13.2 Å². The lowest BCUT2D eigenvalue weighted by Gasteiger charge is -2.45. The minimum Gasteiger partial charge on any atom is -0.387 e. The Balaban J connectivity index is 0.000000225. The predicted molar refractivity (Wildman–Crippen MR) is 109 cm³/mol. The number of aliphatic hydroxyl groups is 4. The van der Waals surface area contributed by atoms with Gasteiger partial charge in [-0.05, 0) is 27.7 Å². The van der Waals surface area contributed by atoms with Crippen molar-refractivity contribution in [3.05, 3.63) is 25.3 Å². The third kappa shape index (κ3) is 5.03. The summed E-state index contributed by atoms with van der Waals surface area (Å²) in [6.45, 7) is 14.3. The van der Waals surface area contributed by atoms with Gasteiger partial charge in [0.25, 0.3) is 0 Å². The zero-order valence-electron chi connectivity index (χ0n) is 18.9. The molecule has 0 amide bonds. The van der Waals surface area contributed by atoms with Crippen molar-refractivity contribution in [2.45, 2.75) is 93.9 Å². The smallest absolute Gasteiger partial charge is 0.185 e. The van der Waals surface area contributed by atoms with E-state index in [0.29, 0.717) is 0 Å². The third-order valence-corrected chi connectivity index (χ3v) is 5.89. The molecular formula is C21H36O10. The van der Waals surface area contributed by atoms with Crippen molar-refractivity contribution >= 4 is 0 Å². The Kier molecular flexibility index (Phi) is 8.09. The second-order valence-electron chi connectivity index (χ2n) is 8.65. The van der Waals surface area contributed by atoms with Gasteiger partial charge in [0.1, 0.15) is 47.8 Å². The maximum Gasteiger partial charge on any atom is 0.185 e. The average Bonchev–Trinajstić information content (AvgIpc) is 3.03. The summed E-state index contributed by atoms with van der Waals surface area (Å²) in [7, 11) is 2.97. The number of fused-ring (bicyclic) bond motifs is 1. The van der Waals surface area contributed by atoms with Gasteiger partial charge in [0, 0.05) is 14.2 Å². The SMILES string of the molecule is C=C[C@]1(C)OC(O)[C@@H]2OC(C)(C)O[C@@H]2[C@H]1OC.C=C[C@]1(C)OC(O)[C@H](O)[C@H](O)[C@H]1OC. The van der Waals surface area contributed by atoms with Crippen molar-refractivity contribution in [3.63, 3.8) is 0 Å². The van der Waals surface area contributed by atoms with Crippen LogP contribution in [-0.4, -0.2) is 101 Å². The van der Waals surface area contributed by atoms with Crippen LogP contribution in [0.1, 0.15) is 27.7 Å². The standard InChI is InChI=1S/C12H20O5.C9H16O5/c1-6-12(4)9(14-5)7-8(10(13)17-12)16-11(2,3)15-7;1-4-9(2)7(13-3)5(10)6(11)8(12)14-9/h6-10,13H,1H2,2-5H3;4-8,10-12H,1H2,2-3H3/t7-,8+,9+,10?,12-;5-,6+,7+,8?,9-/m00/s1. The molecule has 0 spiro atoms. The summed E-state index contributed by atoms with van der Waals surface area (Å²) >= 11 is 0. The number of methoxy groups -OCH3 is 2. The molecule has 3 fully saturated rings. The summed E-state index contributed by atoms with van der Waals surface area (Å²) < 4.78 is 32.5. The van der Waals surface area contributed by atoms with Crippen LogP contribution in [0.2, 0.25) is 0 Å². The van der Waals surface area contributed by atoms with E-state index in [9.17, 15) is 20.4 Å². The molecule has 0 aromatic rings. The monoisotopic (exact) mass is 448 g/mol. The van der Waals surface area contributed by atoms with Gasteiger partial charge in [-0.15, -0.1) is 13.2 Å². The lowest BCUT2D eigenvalue weighted by molar-refractivity contribution is -0.305. The minimum atomic E-state index is -1.43. The zero-order chi connectivity index (χ0) is 23.8. The molecule has 2 unspecified atom stereocenters. The molecule has 0 aromatic carbocycles. The van der Waals surface area contributed by atoms with Crippen molar-refractivity contribution < 1.29 is 48.8 Å². The summed E-state index contributed by atoms with van der Waals surface area (Å²) in [6, 6.07) is 0. The quantitative estimate of drug-likeness (QED) is 0.429. The second kappa shape index (κ2) is 9.52. The van der Waals surface area contributed by atoms with Gasteiger partial charge in [0.05, 0.1) is 0 Å². The van der Waals surface area contributed by atoms with Crippen LogP contribution in [-0.2, 0) is 28.4 Å². The van der Waals surface area contributed by atoms with Crippen LogP contribution < -0.4 is 0 Å². The first-order chi connectivity index (χ1) is 14.3. The zero-order valence-corrected chi connectivity index (χ0v) is 18.9. The van der Waals surface area contributed by atoms with Crippen molar-refractivity contribution in [1.82, 2.24) is 0 Å². The van der Waals surface area contributed by atoms with Gasteiger partial charge >= 0.3 is 0 Å².